The van der Waals surface area contributed by atoms with Gasteiger partial charge in [-0.2, -0.15) is 0 Å². The van der Waals surface area contributed by atoms with Crippen molar-refractivity contribution in [3.05, 3.63) is 69.8 Å². The number of benzene rings is 2. The first-order chi connectivity index (χ1) is 13.6. The summed E-state index contributed by atoms with van der Waals surface area (Å²) < 4.78 is 4.72. The summed E-state index contributed by atoms with van der Waals surface area (Å²) in [7, 11) is 1.41. The summed E-state index contributed by atoms with van der Waals surface area (Å²) in [4.78, 5) is 22.2. The minimum atomic E-state index is -0.838. The minimum Gasteiger partial charge on any atom is -0.478 e. The highest BCUT2D eigenvalue weighted by atomic mass is 16.5. The van der Waals surface area contributed by atoms with Gasteiger partial charge in [0.25, 0.3) is 0 Å². The van der Waals surface area contributed by atoms with Gasteiger partial charge in [0.05, 0.1) is 18.2 Å². The van der Waals surface area contributed by atoms with Crippen LogP contribution >= 0.6 is 0 Å². The molecule has 0 aromatic heterocycles. The third kappa shape index (κ3) is 4.52. The van der Waals surface area contributed by atoms with Gasteiger partial charge < -0.3 is 9.84 Å². The van der Waals surface area contributed by atoms with Crippen LogP contribution in [0.3, 0.4) is 0 Å². The molecule has 0 radical (unpaired) electrons. The SMILES string of the molecule is COC(=O)c1ccc(C2(C)CC2)cc1C.Cc1cc(C2(C)CC2)ccc1C(=O)O. The number of ether oxygens (including phenoxy) is 1. The zero-order valence-corrected chi connectivity index (χ0v) is 18.0. The number of hydrogen-bond acceptors (Lipinski definition) is 3. The van der Waals surface area contributed by atoms with E-state index in [-0.39, 0.29) is 5.97 Å². The number of carboxylic acid groups (broad SMARTS) is 1. The van der Waals surface area contributed by atoms with Gasteiger partial charge >= 0.3 is 11.9 Å². The van der Waals surface area contributed by atoms with Gasteiger partial charge in [0, 0.05) is 0 Å². The number of aromatic carboxylic acids is 1. The van der Waals surface area contributed by atoms with E-state index >= 15 is 0 Å². The fourth-order valence-electron chi connectivity index (χ4n) is 3.61. The van der Waals surface area contributed by atoms with Gasteiger partial charge in [-0.15, -0.1) is 0 Å². The molecule has 4 heteroatoms. The van der Waals surface area contributed by atoms with E-state index in [2.05, 4.69) is 19.9 Å². The van der Waals surface area contributed by atoms with Crippen molar-refractivity contribution in [2.24, 2.45) is 0 Å². The Morgan fingerprint density at radius 1 is 0.828 bits per heavy atom. The maximum Gasteiger partial charge on any atom is 0.338 e. The van der Waals surface area contributed by atoms with E-state index in [0.717, 1.165) is 11.1 Å². The Kier molecular flexibility index (Phi) is 5.57. The lowest BCUT2D eigenvalue weighted by Crippen LogP contribution is -2.06. The number of carboxylic acids is 1. The van der Waals surface area contributed by atoms with E-state index in [4.69, 9.17) is 9.84 Å². The van der Waals surface area contributed by atoms with Crippen molar-refractivity contribution in [1.82, 2.24) is 0 Å². The van der Waals surface area contributed by atoms with E-state index in [1.165, 1.54) is 43.9 Å². The topological polar surface area (TPSA) is 63.6 Å². The van der Waals surface area contributed by atoms with E-state index in [1.54, 1.807) is 6.07 Å². The summed E-state index contributed by atoms with van der Waals surface area (Å²) in [5, 5.41) is 8.87. The Morgan fingerprint density at radius 2 is 1.24 bits per heavy atom. The largest absolute Gasteiger partial charge is 0.478 e. The second-order valence-corrected chi connectivity index (χ2v) is 8.98. The first-order valence-corrected chi connectivity index (χ1v) is 10.1. The van der Waals surface area contributed by atoms with E-state index in [0.29, 0.717) is 22.0 Å². The number of carbonyl (C=O) groups is 2. The highest BCUT2D eigenvalue weighted by molar-refractivity contribution is 5.91. The van der Waals surface area contributed by atoms with Crippen LogP contribution in [0.25, 0.3) is 0 Å². The van der Waals surface area contributed by atoms with Crippen LogP contribution in [0.5, 0.6) is 0 Å². The number of carbonyl (C=O) groups excluding carboxylic acids is 1. The molecule has 1 N–H and O–H groups in total. The van der Waals surface area contributed by atoms with E-state index in [9.17, 15) is 9.59 Å². The van der Waals surface area contributed by atoms with Crippen molar-refractivity contribution >= 4 is 11.9 Å². The van der Waals surface area contributed by atoms with Crippen molar-refractivity contribution in [2.75, 3.05) is 7.11 Å². The molecule has 0 atom stereocenters. The van der Waals surface area contributed by atoms with Crippen LogP contribution in [0.4, 0.5) is 0 Å². The molecular formula is C25H30O4. The lowest BCUT2D eigenvalue weighted by Gasteiger charge is -2.11. The molecule has 2 aliphatic carbocycles. The molecule has 2 saturated carbocycles. The molecule has 29 heavy (non-hydrogen) atoms. The molecule has 154 valence electrons. The molecule has 0 heterocycles. The first-order valence-electron chi connectivity index (χ1n) is 10.1. The average Bonchev–Trinajstić information content (AvgIpc) is 3.60. The van der Waals surface area contributed by atoms with Crippen LogP contribution in [-0.4, -0.2) is 24.2 Å². The summed E-state index contributed by atoms with van der Waals surface area (Å²) >= 11 is 0. The summed E-state index contributed by atoms with van der Waals surface area (Å²) in [6.45, 7) is 8.31. The maximum atomic E-state index is 11.4. The highest BCUT2D eigenvalue weighted by Gasteiger charge is 2.39. The van der Waals surface area contributed by atoms with Gasteiger partial charge in [-0.1, -0.05) is 38.1 Å². The summed E-state index contributed by atoms with van der Waals surface area (Å²) in [6.07, 6.45) is 4.95. The van der Waals surface area contributed by atoms with Crippen molar-refractivity contribution in [1.29, 1.82) is 0 Å². The van der Waals surface area contributed by atoms with Gasteiger partial charge in [-0.25, -0.2) is 9.59 Å². The second kappa shape index (κ2) is 7.66. The second-order valence-electron chi connectivity index (χ2n) is 8.98. The maximum absolute atomic E-state index is 11.4. The molecule has 2 fully saturated rings. The third-order valence-corrected chi connectivity index (χ3v) is 6.48. The van der Waals surface area contributed by atoms with E-state index in [1.807, 2.05) is 38.1 Å². The van der Waals surface area contributed by atoms with Crippen LogP contribution in [0.2, 0.25) is 0 Å². The monoisotopic (exact) mass is 394 g/mol. The highest BCUT2D eigenvalue weighted by Crippen LogP contribution is 2.48. The normalized spacial score (nSPS) is 17.6. The number of methoxy groups -OCH3 is 1. The molecule has 0 spiro atoms. The molecule has 2 aromatic rings. The lowest BCUT2D eigenvalue weighted by molar-refractivity contribution is 0.0599. The van der Waals surface area contributed by atoms with Crippen LogP contribution in [0.15, 0.2) is 36.4 Å². The van der Waals surface area contributed by atoms with Gasteiger partial charge in [0.15, 0.2) is 0 Å². The Balaban J connectivity index is 0.000000166. The molecule has 0 aliphatic heterocycles. The van der Waals surface area contributed by atoms with Crippen LogP contribution in [0, 0.1) is 13.8 Å². The van der Waals surface area contributed by atoms with Crippen molar-refractivity contribution in [3.8, 4) is 0 Å². The number of hydrogen-bond donors (Lipinski definition) is 1. The van der Waals surface area contributed by atoms with E-state index < -0.39 is 5.97 Å². The first kappa shape index (κ1) is 21.1. The summed E-state index contributed by atoms with van der Waals surface area (Å²) in [6, 6.07) is 11.7. The van der Waals surface area contributed by atoms with Crippen LogP contribution in [0.1, 0.15) is 82.5 Å². The molecule has 2 aliphatic rings. The Hall–Kier alpha value is -2.62. The quantitative estimate of drug-likeness (QED) is 0.688. The van der Waals surface area contributed by atoms with Crippen LogP contribution < -0.4 is 0 Å². The summed E-state index contributed by atoms with van der Waals surface area (Å²) in [5.74, 6) is -1.09. The molecule has 4 rings (SSSR count). The fraction of sp³-hybridized carbons (Fsp3) is 0.440. The third-order valence-electron chi connectivity index (χ3n) is 6.48. The number of esters is 1. The zero-order valence-electron chi connectivity index (χ0n) is 18.0. The van der Waals surface area contributed by atoms with Crippen molar-refractivity contribution in [3.63, 3.8) is 0 Å². The number of aryl methyl sites for hydroxylation is 2. The lowest BCUT2D eigenvalue weighted by atomic mass is 9.94. The molecule has 0 saturated heterocycles. The number of rotatable bonds is 4. The standard InChI is InChI=1S/C13H16O2.C12H14O2/c1-9-8-10(13(2)6-7-13)4-5-11(9)12(14)15-3;1-8-7-9(12(2)5-6-12)3-4-10(8)11(13)14/h4-5,8H,6-7H2,1-3H3;3-4,7H,5-6H2,1-2H3,(H,13,14). The van der Waals surface area contributed by atoms with Crippen LogP contribution in [-0.2, 0) is 15.6 Å². The van der Waals surface area contributed by atoms with Gasteiger partial charge in [-0.05, 0) is 84.7 Å². The predicted molar refractivity (Wildman–Crippen MR) is 114 cm³/mol. The smallest absolute Gasteiger partial charge is 0.338 e. The Morgan fingerprint density at radius 3 is 1.55 bits per heavy atom. The molecule has 0 amide bonds. The molecule has 0 unspecified atom stereocenters. The summed E-state index contributed by atoms with van der Waals surface area (Å²) in [5.41, 5.74) is 6.26. The Labute approximate surface area is 172 Å². The predicted octanol–water partition coefficient (Wildman–Crippen LogP) is 5.58. The molecule has 0 bridgehead atoms. The molecule has 4 nitrogen and oxygen atoms in total. The molecular weight excluding hydrogens is 364 g/mol. The van der Waals surface area contributed by atoms with Gasteiger partial charge in [0.1, 0.15) is 0 Å². The molecule has 2 aromatic carbocycles. The van der Waals surface area contributed by atoms with Crippen molar-refractivity contribution < 1.29 is 19.4 Å². The average molecular weight is 395 g/mol. The minimum absolute atomic E-state index is 0.250. The van der Waals surface area contributed by atoms with Crippen molar-refractivity contribution in [2.45, 2.75) is 64.2 Å². The Bertz CT molecular complexity index is 949. The fourth-order valence-corrected chi connectivity index (χ4v) is 3.61. The van der Waals surface area contributed by atoms with Gasteiger partial charge in [-0.3, -0.25) is 0 Å². The van der Waals surface area contributed by atoms with Gasteiger partial charge in [0.2, 0.25) is 0 Å². The zero-order chi connectivity index (χ0) is 21.4.